The molecule has 1 N–H and O–H groups in total. The standard InChI is InChI=1S/C12H20N2OS/c1-2-14-6-5-13-12(14)11(15)9-10-3-7-16-8-4-10/h5-6,10-11,15H,2-4,7-9H2,1H3. The molecular weight excluding hydrogens is 220 g/mol. The van der Waals surface area contributed by atoms with Crippen LogP contribution in [0.4, 0.5) is 0 Å². The Bertz CT molecular complexity index is 321. The van der Waals surface area contributed by atoms with Crippen molar-refractivity contribution in [2.75, 3.05) is 11.5 Å². The van der Waals surface area contributed by atoms with Gasteiger partial charge in [0.15, 0.2) is 0 Å². The van der Waals surface area contributed by atoms with Gasteiger partial charge in [-0.3, -0.25) is 0 Å². The zero-order valence-corrected chi connectivity index (χ0v) is 10.6. The molecule has 2 rings (SSSR count). The number of rotatable bonds is 4. The third-order valence-corrected chi connectivity index (χ3v) is 4.33. The molecule has 1 aliphatic rings. The van der Waals surface area contributed by atoms with Gasteiger partial charge in [-0.05, 0) is 43.6 Å². The van der Waals surface area contributed by atoms with Crippen molar-refractivity contribution in [2.24, 2.45) is 5.92 Å². The monoisotopic (exact) mass is 240 g/mol. The fourth-order valence-electron chi connectivity index (χ4n) is 2.29. The van der Waals surface area contributed by atoms with Crippen LogP contribution in [0.2, 0.25) is 0 Å². The van der Waals surface area contributed by atoms with E-state index in [1.807, 2.05) is 22.5 Å². The summed E-state index contributed by atoms with van der Waals surface area (Å²) >= 11 is 2.03. The van der Waals surface area contributed by atoms with Crippen molar-refractivity contribution in [3.63, 3.8) is 0 Å². The molecule has 90 valence electrons. The van der Waals surface area contributed by atoms with E-state index in [-0.39, 0.29) is 6.10 Å². The highest BCUT2D eigenvalue weighted by atomic mass is 32.2. The number of aliphatic hydroxyl groups excluding tert-OH is 1. The van der Waals surface area contributed by atoms with Gasteiger partial charge in [-0.1, -0.05) is 0 Å². The van der Waals surface area contributed by atoms with E-state index in [0.717, 1.165) is 18.8 Å². The molecule has 1 atom stereocenters. The Labute approximate surface area is 101 Å². The molecule has 0 bridgehead atoms. The van der Waals surface area contributed by atoms with Crippen molar-refractivity contribution < 1.29 is 5.11 Å². The van der Waals surface area contributed by atoms with E-state index < -0.39 is 0 Å². The Morgan fingerprint density at radius 1 is 1.56 bits per heavy atom. The van der Waals surface area contributed by atoms with Crippen molar-refractivity contribution in [1.29, 1.82) is 0 Å². The Morgan fingerprint density at radius 2 is 2.31 bits per heavy atom. The van der Waals surface area contributed by atoms with Crippen LogP contribution in [0.5, 0.6) is 0 Å². The van der Waals surface area contributed by atoms with Gasteiger partial charge < -0.3 is 9.67 Å². The lowest BCUT2D eigenvalue weighted by molar-refractivity contribution is 0.128. The number of aryl methyl sites for hydroxylation is 1. The van der Waals surface area contributed by atoms with E-state index >= 15 is 0 Å². The van der Waals surface area contributed by atoms with Crippen LogP contribution in [0.1, 0.15) is 38.1 Å². The Balaban J connectivity index is 1.93. The highest BCUT2D eigenvalue weighted by Crippen LogP contribution is 2.30. The Hall–Kier alpha value is -0.480. The van der Waals surface area contributed by atoms with E-state index in [0.29, 0.717) is 5.92 Å². The highest BCUT2D eigenvalue weighted by molar-refractivity contribution is 7.99. The molecule has 1 unspecified atom stereocenters. The van der Waals surface area contributed by atoms with Crippen LogP contribution in [0, 0.1) is 5.92 Å². The molecule has 0 radical (unpaired) electrons. The fraction of sp³-hybridized carbons (Fsp3) is 0.750. The first-order valence-corrected chi connectivity index (χ1v) is 7.23. The third-order valence-electron chi connectivity index (χ3n) is 3.28. The lowest BCUT2D eigenvalue weighted by Crippen LogP contribution is -2.16. The van der Waals surface area contributed by atoms with Crippen LogP contribution in [0.15, 0.2) is 12.4 Å². The fourth-order valence-corrected chi connectivity index (χ4v) is 3.49. The average Bonchev–Trinajstić information content (AvgIpc) is 2.78. The molecule has 2 heterocycles. The Morgan fingerprint density at radius 3 is 3.00 bits per heavy atom. The van der Waals surface area contributed by atoms with Gasteiger partial charge in [0.25, 0.3) is 0 Å². The second-order valence-electron chi connectivity index (χ2n) is 4.38. The van der Waals surface area contributed by atoms with Crippen molar-refractivity contribution in [3.8, 4) is 0 Å². The minimum absolute atomic E-state index is 0.386. The summed E-state index contributed by atoms with van der Waals surface area (Å²) in [7, 11) is 0. The topological polar surface area (TPSA) is 38.0 Å². The number of aliphatic hydroxyl groups is 1. The number of aromatic nitrogens is 2. The molecule has 0 amide bonds. The molecule has 0 saturated carbocycles. The van der Waals surface area contributed by atoms with Crippen molar-refractivity contribution in [1.82, 2.24) is 9.55 Å². The smallest absolute Gasteiger partial charge is 0.137 e. The van der Waals surface area contributed by atoms with E-state index in [2.05, 4.69) is 11.9 Å². The predicted molar refractivity (Wildman–Crippen MR) is 67.5 cm³/mol. The number of hydrogen-bond donors (Lipinski definition) is 1. The summed E-state index contributed by atoms with van der Waals surface area (Å²) in [6, 6.07) is 0. The second kappa shape index (κ2) is 5.73. The SMILES string of the molecule is CCn1ccnc1C(O)CC1CCSCC1. The molecule has 1 aromatic heterocycles. The van der Waals surface area contributed by atoms with Gasteiger partial charge >= 0.3 is 0 Å². The molecule has 0 aliphatic carbocycles. The van der Waals surface area contributed by atoms with Gasteiger partial charge in [0.1, 0.15) is 11.9 Å². The summed E-state index contributed by atoms with van der Waals surface area (Å²) in [5.41, 5.74) is 0. The summed E-state index contributed by atoms with van der Waals surface area (Å²) in [4.78, 5) is 4.26. The van der Waals surface area contributed by atoms with E-state index in [1.54, 1.807) is 6.20 Å². The van der Waals surface area contributed by atoms with Crippen LogP contribution in [0.3, 0.4) is 0 Å². The van der Waals surface area contributed by atoms with Gasteiger partial charge in [-0.25, -0.2) is 4.98 Å². The lowest BCUT2D eigenvalue weighted by atomic mass is 9.95. The highest BCUT2D eigenvalue weighted by Gasteiger charge is 2.21. The minimum atomic E-state index is -0.386. The minimum Gasteiger partial charge on any atom is -0.385 e. The molecule has 0 aromatic carbocycles. The van der Waals surface area contributed by atoms with Crippen LogP contribution >= 0.6 is 11.8 Å². The molecule has 1 aromatic rings. The first kappa shape index (κ1) is 12.0. The first-order chi connectivity index (χ1) is 7.81. The van der Waals surface area contributed by atoms with E-state index in [9.17, 15) is 5.11 Å². The molecule has 16 heavy (non-hydrogen) atoms. The van der Waals surface area contributed by atoms with Gasteiger partial charge in [-0.2, -0.15) is 11.8 Å². The van der Waals surface area contributed by atoms with Crippen LogP contribution in [-0.2, 0) is 6.54 Å². The Kier molecular flexibility index (Phi) is 4.29. The number of nitrogens with zero attached hydrogens (tertiary/aromatic N) is 2. The summed E-state index contributed by atoms with van der Waals surface area (Å²) < 4.78 is 2.03. The maximum absolute atomic E-state index is 10.2. The average molecular weight is 240 g/mol. The van der Waals surface area contributed by atoms with Gasteiger partial charge in [-0.15, -0.1) is 0 Å². The van der Waals surface area contributed by atoms with Gasteiger partial charge in [0, 0.05) is 18.9 Å². The molecular formula is C12H20N2OS. The van der Waals surface area contributed by atoms with Gasteiger partial charge in [0.05, 0.1) is 0 Å². The third kappa shape index (κ3) is 2.80. The zero-order valence-electron chi connectivity index (χ0n) is 9.80. The number of imidazole rings is 1. The summed E-state index contributed by atoms with van der Waals surface area (Å²) in [5, 5.41) is 10.2. The molecule has 3 nitrogen and oxygen atoms in total. The largest absolute Gasteiger partial charge is 0.385 e. The maximum atomic E-state index is 10.2. The van der Waals surface area contributed by atoms with Crippen molar-refractivity contribution in [3.05, 3.63) is 18.2 Å². The van der Waals surface area contributed by atoms with Crippen molar-refractivity contribution >= 4 is 11.8 Å². The maximum Gasteiger partial charge on any atom is 0.137 e. The number of thioether (sulfide) groups is 1. The molecule has 1 saturated heterocycles. The van der Waals surface area contributed by atoms with Gasteiger partial charge in [0.2, 0.25) is 0 Å². The predicted octanol–water partition coefficient (Wildman–Crippen LogP) is 2.47. The molecule has 4 heteroatoms. The summed E-state index contributed by atoms with van der Waals surface area (Å²) in [5.74, 6) is 4.01. The molecule has 0 spiro atoms. The van der Waals surface area contributed by atoms with E-state index in [4.69, 9.17) is 0 Å². The summed E-state index contributed by atoms with van der Waals surface area (Å²) in [6.45, 7) is 2.96. The van der Waals surface area contributed by atoms with Crippen LogP contribution in [0.25, 0.3) is 0 Å². The first-order valence-electron chi connectivity index (χ1n) is 6.08. The zero-order chi connectivity index (χ0) is 11.4. The molecule has 1 aliphatic heterocycles. The lowest BCUT2D eigenvalue weighted by Gasteiger charge is -2.23. The normalized spacial score (nSPS) is 19.9. The summed E-state index contributed by atoms with van der Waals surface area (Å²) in [6.07, 6.45) is 6.69. The second-order valence-corrected chi connectivity index (χ2v) is 5.60. The van der Waals surface area contributed by atoms with Crippen LogP contribution in [-0.4, -0.2) is 26.2 Å². The van der Waals surface area contributed by atoms with Crippen LogP contribution < -0.4 is 0 Å². The van der Waals surface area contributed by atoms with Crippen molar-refractivity contribution in [2.45, 2.75) is 38.8 Å². The van der Waals surface area contributed by atoms with E-state index in [1.165, 1.54) is 24.3 Å². The molecule has 1 fully saturated rings. The quantitative estimate of drug-likeness (QED) is 0.878. The number of hydrogen-bond acceptors (Lipinski definition) is 3.